The lowest BCUT2D eigenvalue weighted by Gasteiger charge is -2.15. The number of anilines is 1. The van der Waals surface area contributed by atoms with Crippen LogP contribution in [0.4, 0.5) is 5.82 Å². The van der Waals surface area contributed by atoms with Gasteiger partial charge in [-0.2, -0.15) is 5.26 Å². The van der Waals surface area contributed by atoms with E-state index < -0.39 is 0 Å². The van der Waals surface area contributed by atoms with Crippen molar-refractivity contribution in [1.82, 2.24) is 9.97 Å². The molecule has 19 heavy (non-hydrogen) atoms. The molecule has 0 amide bonds. The molecule has 0 spiro atoms. The molecule has 2 rings (SSSR count). The molecule has 0 aliphatic carbocycles. The molecule has 0 aromatic carbocycles. The summed E-state index contributed by atoms with van der Waals surface area (Å²) in [5.41, 5.74) is 2.50. The van der Waals surface area contributed by atoms with E-state index in [9.17, 15) is 0 Å². The molecule has 2 heterocycles. The molecule has 0 radical (unpaired) electrons. The zero-order valence-electron chi connectivity index (χ0n) is 11.5. The first kappa shape index (κ1) is 13.5. The molecule has 0 saturated heterocycles. The van der Waals surface area contributed by atoms with Gasteiger partial charge in [0.25, 0.3) is 0 Å². The number of aryl methyl sites for hydroxylation is 3. The third kappa shape index (κ3) is 2.91. The van der Waals surface area contributed by atoms with E-state index in [1.807, 2.05) is 26.8 Å². The average Bonchev–Trinajstić information content (AvgIpc) is 2.69. The molecule has 1 N–H and O–H groups in total. The largest absolute Gasteiger partial charge is 0.362 e. The molecule has 0 aliphatic heterocycles. The van der Waals surface area contributed by atoms with Crippen molar-refractivity contribution in [3.05, 3.63) is 39.0 Å². The van der Waals surface area contributed by atoms with Crippen molar-refractivity contribution in [2.24, 2.45) is 0 Å². The first-order chi connectivity index (χ1) is 9.01. The van der Waals surface area contributed by atoms with Crippen LogP contribution >= 0.6 is 11.3 Å². The van der Waals surface area contributed by atoms with Crippen LogP contribution in [0.25, 0.3) is 0 Å². The maximum absolute atomic E-state index is 9.11. The lowest BCUT2D eigenvalue weighted by atomic mass is 10.2. The summed E-state index contributed by atoms with van der Waals surface area (Å²) in [5.74, 6) is 0.639. The molecular formula is C14H16N4S. The number of hydrogen-bond donors (Lipinski definition) is 1. The number of thiazole rings is 1. The van der Waals surface area contributed by atoms with Gasteiger partial charge in [0, 0.05) is 10.6 Å². The Balaban J connectivity index is 2.29. The zero-order chi connectivity index (χ0) is 14.0. The third-order valence-corrected chi connectivity index (χ3v) is 4.10. The number of nitriles is 1. The number of nitrogens with zero attached hydrogens (tertiary/aromatic N) is 3. The minimum atomic E-state index is 0.0904. The Morgan fingerprint density at radius 3 is 2.58 bits per heavy atom. The second-order valence-corrected chi connectivity index (χ2v) is 5.74. The molecular weight excluding hydrogens is 256 g/mol. The van der Waals surface area contributed by atoms with Crippen molar-refractivity contribution in [1.29, 1.82) is 5.26 Å². The van der Waals surface area contributed by atoms with E-state index >= 15 is 0 Å². The summed E-state index contributed by atoms with van der Waals surface area (Å²) in [6.07, 6.45) is 0. The van der Waals surface area contributed by atoms with Gasteiger partial charge < -0.3 is 5.32 Å². The van der Waals surface area contributed by atoms with E-state index in [0.29, 0.717) is 11.4 Å². The van der Waals surface area contributed by atoms with Gasteiger partial charge >= 0.3 is 0 Å². The predicted octanol–water partition coefficient (Wildman–Crippen LogP) is 3.51. The summed E-state index contributed by atoms with van der Waals surface area (Å²) >= 11 is 1.68. The molecule has 1 atom stereocenters. The molecule has 1 unspecified atom stereocenters. The molecule has 5 heteroatoms. The summed E-state index contributed by atoms with van der Waals surface area (Å²) in [5, 5.41) is 13.5. The Morgan fingerprint density at radius 2 is 2.00 bits per heavy atom. The highest BCUT2D eigenvalue weighted by molar-refractivity contribution is 7.11. The van der Waals surface area contributed by atoms with E-state index in [1.165, 1.54) is 4.88 Å². The van der Waals surface area contributed by atoms with Crippen LogP contribution in [0.1, 0.15) is 39.8 Å². The number of aromatic nitrogens is 2. The van der Waals surface area contributed by atoms with Crippen LogP contribution in [-0.2, 0) is 0 Å². The maximum Gasteiger partial charge on any atom is 0.144 e. The lowest BCUT2D eigenvalue weighted by molar-refractivity contribution is 0.876. The van der Waals surface area contributed by atoms with Gasteiger partial charge in [0.05, 0.1) is 22.3 Å². The monoisotopic (exact) mass is 272 g/mol. The molecule has 0 bridgehead atoms. The standard InChI is InChI=1S/C14H16N4S/c1-8-5-6-12(7-15)14(16-8)18-10(3)13-9(2)17-11(4)19-13/h5-6,10H,1-4H3,(H,16,18). The Hall–Kier alpha value is -1.93. The van der Waals surface area contributed by atoms with Crippen LogP contribution in [0.2, 0.25) is 0 Å². The Bertz CT molecular complexity index is 639. The number of hydrogen-bond acceptors (Lipinski definition) is 5. The quantitative estimate of drug-likeness (QED) is 0.928. The van der Waals surface area contributed by atoms with Gasteiger partial charge in [0.15, 0.2) is 0 Å². The fourth-order valence-electron chi connectivity index (χ4n) is 1.98. The van der Waals surface area contributed by atoms with Crippen LogP contribution in [0, 0.1) is 32.1 Å². The summed E-state index contributed by atoms with van der Waals surface area (Å²) in [6.45, 7) is 7.98. The first-order valence-electron chi connectivity index (χ1n) is 6.09. The normalized spacial score (nSPS) is 11.9. The summed E-state index contributed by atoms with van der Waals surface area (Å²) in [6, 6.07) is 5.89. The highest BCUT2D eigenvalue weighted by Crippen LogP contribution is 2.27. The van der Waals surface area contributed by atoms with Gasteiger partial charge in [-0.15, -0.1) is 11.3 Å². The van der Waals surface area contributed by atoms with Gasteiger partial charge in [0.2, 0.25) is 0 Å². The fraction of sp³-hybridized carbons (Fsp3) is 0.357. The molecule has 2 aromatic rings. The summed E-state index contributed by atoms with van der Waals surface area (Å²) in [7, 11) is 0. The van der Waals surface area contributed by atoms with Crippen LogP contribution < -0.4 is 5.32 Å². The van der Waals surface area contributed by atoms with Gasteiger partial charge in [-0.1, -0.05) is 0 Å². The van der Waals surface area contributed by atoms with Gasteiger partial charge in [-0.05, 0) is 39.8 Å². The highest BCUT2D eigenvalue weighted by Gasteiger charge is 2.15. The molecule has 0 saturated carbocycles. The van der Waals surface area contributed by atoms with E-state index in [0.717, 1.165) is 16.4 Å². The SMILES string of the molecule is Cc1ccc(C#N)c(NC(C)c2sc(C)nc2C)n1. The predicted molar refractivity (Wildman–Crippen MR) is 77.3 cm³/mol. The minimum Gasteiger partial charge on any atom is -0.362 e. The number of nitrogens with one attached hydrogen (secondary N) is 1. The van der Waals surface area contributed by atoms with Crippen molar-refractivity contribution in [3.63, 3.8) is 0 Å². The number of rotatable bonds is 3. The molecule has 98 valence electrons. The van der Waals surface area contributed by atoms with Gasteiger partial charge in [-0.25, -0.2) is 9.97 Å². The molecule has 4 nitrogen and oxygen atoms in total. The van der Waals surface area contributed by atoms with Gasteiger partial charge in [0.1, 0.15) is 11.9 Å². The smallest absolute Gasteiger partial charge is 0.144 e. The van der Waals surface area contributed by atoms with Crippen molar-refractivity contribution in [2.75, 3.05) is 5.32 Å². The highest BCUT2D eigenvalue weighted by atomic mass is 32.1. The first-order valence-corrected chi connectivity index (χ1v) is 6.91. The topological polar surface area (TPSA) is 61.6 Å². The van der Waals surface area contributed by atoms with Crippen LogP contribution in [0.5, 0.6) is 0 Å². The minimum absolute atomic E-state index is 0.0904. The van der Waals surface area contributed by atoms with Crippen LogP contribution in [0.3, 0.4) is 0 Å². The Labute approximate surface area is 117 Å². The number of pyridine rings is 1. The molecule has 2 aromatic heterocycles. The maximum atomic E-state index is 9.11. The molecule has 0 aliphatic rings. The molecule has 0 fully saturated rings. The van der Waals surface area contributed by atoms with Crippen molar-refractivity contribution in [3.8, 4) is 6.07 Å². The van der Waals surface area contributed by atoms with Crippen molar-refractivity contribution < 1.29 is 0 Å². The third-order valence-electron chi connectivity index (χ3n) is 2.84. The lowest BCUT2D eigenvalue weighted by Crippen LogP contribution is -2.09. The van der Waals surface area contributed by atoms with E-state index in [4.69, 9.17) is 5.26 Å². The van der Waals surface area contributed by atoms with Crippen molar-refractivity contribution >= 4 is 17.2 Å². The zero-order valence-corrected chi connectivity index (χ0v) is 12.3. The van der Waals surface area contributed by atoms with E-state index in [-0.39, 0.29) is 6.04 Å². The summed E-state index contributed by atoms with van der Waals surface area (Å²) < 4.78 is 0. The summed E-state index contributed by atoms with van der Waals surface area (Å²) in [4.78, 5) is 10.0. The Kier molecular flexibility index (Phi) is 3.82. The van der Waals surface area contributed by atoms with E-state index in [2.05, 4.69) is 28.3 Å². The average molecular weight is 272 g/mol. The van der Waals surface area contributed by atoms with Gasteiger partial charge in [-0.3, -0.25) is 0 Å². The van der Waals surface area contributed by atoms with Crippen LogP contribution in [0.15, 0.2) is 12.1 Å². The second-order valence-electron chi connectivity index (χ2n) is 4.51. The Morgan fingerprint density at radius 1 is 1.26 bits per heavy atom. The van der Waals surface area contributed by atoms with Crippen molar-refractivity contribution in [2.45, 2.75) is 33.7 Å². The van der Waals surface area contributed by atoms with Crippen LogP contribution in [-0.4, -0.2) is 9.97 Å². The van der Waals surface area contributed by atoms with E-state index in [1.54, 1.807) is 17.4 Å². The fourth-order valence-corrected chi connectivity index (χ4v) is 2.91. The second kappa shape index (κ2) is 5.37.